The topological polar surface area (TPSA) is 104 Å². The number of amides is 1. The minimum atomic E-state index is -3.53. The van der Waals surface area contributed by atoms with Crippen LogP contribution in [0.4, 0.5) is 5.69 Å². The van der Waals surface area contributed by atoms with Gasteiger partial charge in [0.05, 0.1) is 17.4 Å². The first-order valence-electron chi connectivity index (χ1n) is 7.50. The van der Waals surface area contributed by atoms with Crippen LogP contribution < -0.4 is 10.6 Å². The standard InChI is InChI=1S/C15H20N4O3S.ClH/c1-10-3-4-12(13-11(10)9-17-19-13)18-14(20)15(23(2,21)22)5-7-16-8-6-15;/h3-4,9,16H,5-8H2,1-2H3,(H,17,19)(H,18,20);1H. The number of aromatic nitrogens is 2. The minimum Gasteiger partial charge on any atom is -0.323 e. The monoisotopic (exact) mass is 372 g/mol. The molecule has 2 heterocycles. The Bertz CT molecular complexity index is 857. The number of carbonyl (C=O) groups is 1. The SMILES string of the molecule is Cc1ccc(NC(=O)C2(S(C)(=O)=O)CCNCC2)c2[nH]ncc12.Cl. The fourth-order valence-electron chi connectivity index (χ4n) is 3.11. The number of nitrogens with one attached hydrogen (secondary N) is 3. The molecule has 1 aromatic heterocycles. The first kappa shape index (κ1) is 18.7. The summed E-state index contributed by atoms with van der Waals surface area (Å²) in [4.78, 5) is 12.8. The highest BCUT2D eigenvalue weighted by Gasteiger charge is 2.48. The van der Waals surface area contributed by atoms with Crippen molar-refractivity contribution in [1.29, 1.82) is 0 Å². The van der Waals surface area contributed by atoms with Gasteiger partial charge in [-0.25, -0.2) is 8.42 Å². The maximum Gasteiger partial charge on any atom is 0.245 e. The molecule has 0 bridgehead atoms. The molecule has 7 nitrogen and oxygen atoms in total. The summed E-state index contributed by atoms with van der Waals surface area (Å²) in [5.74, 6) is -0.471. The minimum absolute atomic E-state index is 0. The van der Waals surface area contributed by atoms with Crippen LogP contribution in [0.1, 0.15) is 18.4 Å². The van der Waals surface area contributed by atoms with E-state index in [9.17, 15) is 13.2 Å². The van der Waals surface area contributed by atoms with Crippen LogP contribution in [-0.4, -0.2) is 48.6 Å². The zero-order chi connectivity index (χ0) is 16.7. The van der Waals surface area contributed by atoms with E-state index in [2.05, 4.69) is 20.8 Å². The highest BCUT2D eigenvalue weighted by molar-refractivity contribution is 7.92. The molecule has 1 amide bonds. The number of aryl methyl sites for hydroxylation is 1. The summed E-state index contributed by atoms with van der Waals surface area (Å²) in [6.45, 7) is 2.97. The number of aromatic amines is 1. The van der Waals surface area contributed by atoms with Crippen molar-refractivity contribution in [2.75, 3.05) is 24.7 Å². The van der Waals surface area contributed by atoms with E-state index in [-0.39, 0.29) is 25.2 Å². The Labute approximate surface area is 146 Å². The number of piperidine rings is 1. The van der Waals surface area contributed by atoms with E-state index >= 15 is 0 Å². The molecule has 1 aliphatic heterocycles. The quantitative estimate of drug-likeness (QED) is 0.755. The van der Waals surface area contributed by atoms with Crippen LogP contribution in [0, 0.1) is 6.92 Å². The number of fused-ring (bicyclic) bond motifs is 1. The van der Waals surface area contributed by atoms with Crippen molar-refractivity contribution in [2.45, 2.75) is 24.5 Å². The fraction of sp³-hybridized carbons (Fsp3) is 0.467. The number of rotatable bonds is 3. The Morgan fingerprint density at radius 2 is 1.96 bits per heavy atom. The van der Waals surface area contributed by atoms with Crippen molar-refractivity contribution >= 4 is 44.7 Å². The van der Waals surface area contributed by atoms with Gasteiger partial charge in [-0.05, 0) is 44.5 Å². The number of nitrogens with zero attached hydrogens (tertiary/aromatic N) is 1. The van der Waals surface area contributed by atoms with Crippen LogP contribution in [0.3, 0.4) is 0 Å². The fourth-order valence-corrected chi connectivity index (χ4v) is 4.44. The second-order valence-electron chi connectivity index (χ2n) is 6.06. The normalized spacial score (nSPS) is 17.2. The second-order valence-corrected chi connectivity index (χ2v) is 8.39. The third-order valence-corrected chi connectivity index (χ3v) is 6.63. The first-order chi connectivity index (χ1) is 10.8. The summed E-state index contributed by atoms with van der Waals surface area (Å²) in [7, 11) is -3.53. The first-order valence-corrected chi connectivity index (χ1v) is 9.39. The van der Waals surface area contributed by atoms with E-state index in [0.29, 0.717) is 24.3 Å². The lowest BCUT2D eigenvalue weighted by Crippen LogP contribution is -2.55. The van der Waals surface area contributed by atoms with Crippen LogP contribution in [0.2, 0.25) is 0 Å². The molecule has 3 N–H and O–H groups in total. The van der Waals surface area contributed by atoms with Gasteiger partial charge < -0.3 is 10.6 Å². The maximum atomic E-state index is 12.8. The van der Waals surface area contributed by atoms with Gasteiger partial charge >= 0.3 is 0 Å². The van der Waals surface area contributed by atoms with Crippen molar-refractivity contribution in [3.8, 4) is 0 Å². The summed E-state index contributed by atoms with van der Waals surface area (Å²) in [6, 6.07) is 3.65. The molecule has 0 radical (unpaired) electrons. The molecule has 3 rings (SSSR count). The molecule has 132 valence electrons. The van der Waals surface area contributed by atoms with Crippen LogP contribution >= 0.6 is 12.4 Å². The van der Waals surface area contributed by atoms with E-state index in [1.54, 1.807) is 12.3 Å². The number of sulfone groups is 1. The average Bonchev–Trinajstić information content (AvgIpc) is 3.00. The highest BCUT2D eigenvalue weighted by Crippen LogP contribution is 2.31. The molecular weight excluding hydrogens is 352 g/mol. The van der Waals surface area contributed by atoms with E-state index < -0.39 is 20.5 Å². The lowest BCUT2D eigenvalue weighted by Gasteiger charge is -2.34. The van der Waals surface area contributed by atoms with Crippen LogP contribution in [0.15, 0.2) is 18.3 Å². The Hall–Kier alpha value is -1.64. The van der Waals surface area contributed by atoms with Crippen LogP contribution in [0.25, 0.3) is 10.9 Å². The van der Waals surface area contributed by atoms with Gasteiger partial charge in [-0.1, -0.05) is 6.07 Å². The summed E-state index contributed by atoms with van der Waals surface area (Å²) in [5, 5.41) is 13.7. The third-order valence-electron chi connectivity index (χ3n) is 4.62. The molecule has 24 heavy (non-hydrogen) atoms. The highest BCUT2D eigenvalue weighted by atomic mass is 35.5. The van der Waals surface area contributed by atoms with Gasteiger partial charge in [0.25, 0.3) is 0 Å². The molecule has 0 atom stereocenters. The van der Waals surface area contributed by atoms with Gasteiger partial charge in [-0.15, -0.1) is 12.4 Å². The molecular formula is C15H21ClN4O3S. The number of anilines is 1. The summed E-state index contributed by atoms with van der Waals surface area (Å²) >= 11 is 0. The van der Waals surface area contributed by atoms with E-state index in [0.717, 1.165) is 17.2 Å². The number of hydrogen-bond donors (Lipinski definition) is 3. The van der Waals surface area contributed by atoms with Gasteiger partial charge in [-0.3, -0.25) is 9.89 Å². The Balaban J connectivity index is 0.00000208. The zero-order valence-electron chi connectivity index (χ0n) is 13.5. The van der Waals surface area contributed by atoms with Gasteiger partial charge in [0.1, 0.15) is 0 Å². The molecule has 9 heteroatoms. The van der Waals surface area contributed by atoms with Crippen molar-refractivity contribution in [3.63, 3.8) is 0 Å². The molecule has 1 aliphatic rings. The number of H-pyrrole nitrogens is 1. The van der Waals surface area contributed by atoms with E-state index in [1.807, 2.05) is 13.0 Å². The van der Waals surface area contributed by atoms with Gasteiger partial charge in [0.2, 0.25) is 5.91 Å². The largest absolute Gasteiger partial charge is 0.323 e. The van der Waals surface area contributed by atoms with E-state index in [4.69, 9.17) is 0 Å². The van der Waals surface area contributed by atoms with Crippen molar-refractivity contribution in [3.05, 3.63) is 23.9 Å². The number of benzene rings is 1. The summed E-state index contributed by atoms with van der Waals surface area (Å²) in [5.41, 5.74) is 2.29. The van der Waals surface area contributed by atoms with Crippen molar-refractivity contribution in [2.24, 2.45) is 0 Å². The average molecular weight is 373 g/mol. The smallest absolute Gasteiger partial charge is 0.245 e. The number of carbonyl (C=O) groups excluding carboxylic acids is 1. The van der Waals surface area contributed by atoms with Crippen molar-refractivity contribution in [1.82, 2.24) is 15.5 Å². The zero-order valence-corrected chi connectivity index (χ0v) is 15.2. The molecule has 0 saturated carbocycles. The van der Waals surface area contributed by atoms with Gasteiger partial charge in [0, 0.05) is 11.6 Å². The predicted molar refractivity (Wildman–Crippen MR) is 96.4 cm³/mol. The molecule has 2 aromatic rings. The Morgan fingerprint density at radius 3 is 2.58 bits per heavy atom. The van der Waals surface area contributed by atoms with Crippen LogP contribution in [-0.2, 0) is 14.6 Å². The number of hydrogen-bond acceptors (Lipinski definition) is 5. The lowest BCUT2D eigenvalue weighted by atomic mass is 9.95. The summed E-state index contributed by atoms with van der Waals surface area (Å²) in [6.07, 6.45) is 3.38. The predicted octanol–water partition coefficient (Wildman–Crippen LogP) is 1.40. The molecule has 0 spiro atoms. The van der Waals surface area contributed by atoms with E-state index in [1.165, 1.54) is 0 Å². The molecule has 1 saturated heterocycles. The molecule has 0 aliphatic carbocycles. The van der Waals surface area contributed by atoms with Crippen LogP contribution in [0.5, 0.6) is 0 Å². The molecule has 0 unspecified atom stereocenters. The Morgan fingerprint density at radius 1 is 1.29 bits per heavy atom. The molecule has 1 aromatic carbocycles. The summed E-state index contributed by atoms with van der Waals surface area (Å²) < 4.78 is 23.2. The maximum absolute atomic E-state index is 12.8. The van der Waals surface area contributed by atoms with Gasteiger partial charge in [-0.2, -0.15) is 5.10 Å². The van der Waals surface area contributed by atoms with Gasteiger partial charge in [0.15, 0.2) is 14.6 Å². The molecule has 1 fully saturated rings. The second kappa shape index (κ2) is 6.70. The lowest BCUT2D eigenvalue weighted by molar-refractivity contribution is -0.119. The Kier molecular flexibility index (Phi) is 5.22. The number of halogens is 1. The third kappa shape index (κ3) is 3.01. The van der Waals surface area contributed by atoms with Crippen molar-refractivity contribution < 1.29 is 13.2 Å².